The van der Waals surface area contributed by atoms with E-state index in [1.807, 2.05) is 0 Å². The SMILES string of the molecule is Cc1cc(C[C@H](O)c2ccc(Cl)c(Cl)c2)nc(=O)[nH]1. The van der Waals surface area contributed by atoms with Crippen molar-refractivity contribution in [3.05, 3.63) is 61.7 Å². The Labute approximate surface area is 120 Å². The zero-order chi connectivity index (χ0) is 14.0. The van der Waals surface area contributed by atoms with E-state index in [4.69, 9.17) is 23.2 Å². The van der Waals surface area contributed by atoms with Gasteiger partial charge in [-0.25, -0.2) is 4.79 Å². The molecule has 19 heavy (non-hydrogen) atoms. The summed E-state index contributed by atoms with van der Waals surface area (Å²) in [6.45, 7) is 1.76. The quantitative estimate of drug-likeness (QED) is 0.915. The van der Waals surface area contributed by atoms with Crippen LogP contribution in [0.4, 0.5) is 0 Å². The number of aromatic nitrogens is 2. The van der Waals surface area contributed by atoms with Gasteiger partial charge in [0, 0.05) is 12.1 Å². The largest absolute Gasteiger partial charge is 0.388 e. The van der Waals surface area contributed by atoms with Gasteiger partial charge < -0.3 is 10.1 Å². The third-order valence-corrected chi connectivity index (χ3v) is 3.40. The molecule has 2 rings (SSSR count). The fourth-order valence-electron chi connectivity index (χ4n) is 1.79. The van der Waals surface area contributed by atoms with Crippen LogP contribution in [0.3, 0.4) is 0 Å². The van der Waals surface area contributed by atoms with Gasteiger partial charge in [-0.3, -0.25) is 0 Å². The van der Waals surface area contributed by atoms with Crippen LogP contribution in [-0.2, 0) is 6.42 Å². The first-order valence-electron chi connectivity index (χ1n) is 5.65. The van der Waals surface area contributed by atoms with Gasteiger partial charge in [-0.2, -0.15) is 4.98 Å². The van der Waals surface area contributed by atoms with Crippen molar-refractivity contribution in [2.45, 2.75) is 19.4 Å². The molecule has 4 nitrogen and oxygen atoms in total. The van der Waals surface area contributed by atoms with Crippen LogP contribution < -0.4 is 5.69 Å². The van der Waals surface area contributed by atoms with Crippen molar-refractivity contribution >= 4 is 23.2 Å². The van der Waals surface area contributed by atoms with Crippen LogP contribution in [-0.4, -0.2) is 15.1 Å². The Morgan fingerprint density at radius 2 is 2.05 bits per heavy atom. The second kappa shape index (κ2) is 5.74. The van der Waals surface area contributed by atoms with Crippen molar-refractivity contribution in [3.8, 4) is 0 Å². The van der Waals surface area contributed by atoms with E-state index in [1.165, 1.54) is 0 Å². The molecule has 0 bridgehead atoms. The monoisotopic (exact) mass is 298 g/mol. The summed E-state index contributed by atoms with van der Waals surface area (Å²) in [6.07, 6.45) is -0.550. The number of H-pyrrole nitrogens is 1. The summed E-state index contributed by atoms with van der Waals surface area (Å²) >= 11 is 11.7. The molecule has 2 N–H and O–H groups in total. The summed E-state index contributed by atoms with van der Waals surface area (Å²) in [5, 5.41) is 10.9. The molecule has 0 spiro atoms. The lowest BCUT2D eigenvalue weighted by molar-refractivity contribution is 0.177. The summed E-state index contributed by atoms with van der Waals surface area (Å²) in [5.41, 5.74) is 1.45. The smallest absolute Gasteiger partial charge is 0.345 e. The van der Waals surface area contributed by atoms with Gasteiger partial charge in [0.1, 0.15) is 0 Å². The van der Waals surface area contributed by atoms with Crippen LogP contribution in [0.25, 0.3) is 0 Å². The number of aryl methyl sites for hydroxylation is 1. The van der Waals surface area contributed by atoms with E-state index >= 15 is 0 Å². The molecule has 0 saturated carbocycles. The zero-order valence-electron chi connectivity index (χ0n) is 10.2. The predicted octanol–water partition coefficient (Wildman–Crippen LogP) is 2.66. The molecule has 0 unspecified atom stereocenters. The molecule has 1 aromatic carbocycles. The molecule has 100 valence electrons. The van der Waals surface area contributed by atoms with Crippen LogP contribution in [0.2, 0.25) is 10.0 Å². The van der Waals surface area contributed by atoms with Crippen LogP contribution in [0.1, 0.15) is 23.1 Å². The molecule has 6 heteroatoms. The third kappa shape index (κ3) is 3.56. The highest BCUT2D eigenvalue weighted by atomic mass is 35.5. The van der Waals surface area contributed by atoms with Gasteiger partial charge in [-0.1, -0.05) is 29.3 Å². The lowest BCUT2D eigenvalue weighted by Crippen LogP contribution is -2.15. The number of nitrogens with zero attached hydrogens (tertiary/aromatic N) is 1. The maximum absolute atomic E-state index is 11.2. The number of aliphatic hydroxyl groups excluding tert-OH is 1. The summed E-state index contributed by atoms with van der Waals surface area (Å²) in [5.74, 6) is 0. The Morgan fingerprint density at radius 1 is 1.32 bits per heavy atom. The normalized spacial score (nSPS) is 12.4. The second-order valence-corrected chi connectivity index (χ2v) is 5.07. The number of rotatable bonds is 3. The maximum Gasteiger partial charge on any atom is 0.345 e. The fraction of sp³-hybridized carbons (Fsp3) is 0.231. The first-order valence-corrected chi connectivity index (χ1v) is 6.41. The molecule has 0 amide bonds. The highest BCUT2D eigenvalue weighted by Gasteiger charge is 2.12. The van der Waals surface area contributed by atoms with E-state index in [0.717, 1.165) is 0 Å². The van der Waals surface area contributed by atoms with E-state index in [2.05, 4.69) is 9.97 Å². The average molecular weight is 299 g/mol. The fourth-order valence-corrected chi connectivity index (χ4v) is 2.09. The summed E-state index contributed by atoms with van der Waals surface area (Å²) in [6, 6.07) is 6.65. The molecule has 0 aliphatic carbocycles. The summed E-state index contributed by atoms with van der Waals surface area (Å²) in [4.78, 5) is 17.6. The number of aromatic amines is 1. The molecule has 0 aliphatic rings. The molecule has 1 aromatic heterocycles. The summed E-state index contributed by atoms with van der Waals surface area (Å²) in [7, 11) is 0. The van der Waals surface area contributed by atoms with E-state index in [0.29, 0.717) is 27.0 Å². The Hall–Kier alpha value is -1.36. The lowest BCUT2D eigenvalue weighted by Gasteiger charge is -2.11. The topological polar surface area (TPSA) is 66.0 Å². The third-order valence-electron chi connectivity index (χ3n) is 2.66. The average Bonchev–Trinajstić information content (AvgIpc) is 2.31. The Balaban J connectivity index is 2.22. The minimum atomic E-state index is -0.788. The van der Waals surface area contributed by atoms with Crippen LogP contribution in [0.5, 0.6) is 0 Å². The molecule has 2 aromatic rings. The molecule has 1 atom stereocenters. The maximum atomic E-state index is 11.2. The molecular formula is C13H12Cl2N2O2. The first kappa shape index (κ1) is 14.1. The number of halogens is 2. The highest BCUT2D eigenvalue weighted by molar-refractivity contribution is 6.42. The Kier molecular flexibility index (Phi) is 4.24. The molecule has 0 saturated heterocycles. The highest BCUT2D eigenvalue weighted by Crippen LogP contribution is 2.26. The van der Waals surface area contributed by atoms with Gasteiger partial charge in [0.2, 0.25) is 0 Å². The number of nitrogens with one attached hydrogen (secondary N) is 1. The zero-order valence-corrected chi connectivity index (χ0v) is 11.7. The van der Waals surface area contributed by atoms with Crippen LogP contribution in [0.15, 0.2) is 29.1 Å². The van der Waals surface area contributed by atoms with Gasteiger partial charge in [0.25, 0.3) is 0 Å². The number of hydrogen-bond acceptors (Lipinski definition) is 3. The van der Waals surface area contributed by atoms with Crippen molar-refractivity contribution in [2.75, 3.05) is 0 Å². The van der Waals surface area contributed by atoms with Crippen molar-refractivity contribution in [1.82, 2.24) is 9.97 Å². The van der Waals surface area contributed by atoms with Crippen molar-refractivity contribution < 1.29 is 5.11 Å². The lowest BCUT2D eigenvalue weighted by atomic mass is 10.0. The molecule has 0 fully saturated rings. The van der Waals surface area contributed by atoms with Gasteiger partial charge >= 0.3 is 5.69 Å². The minimum Gasteiger partial charge on any atom is -0.388 e. The number of benzene rings is 1. The van der Waals surface area contributed by atoms with E-state index in [-0.39, 0.29) is 6.42 Å². The number of aliphatic hydroxyl groups is 1. The second-order valence-electron chi connectivity index (χ2n) is 4.25. The van der Waals surface area contributed by atoms with Crippen molar-refractivity contribution in [3.63, 3.8) is 0 Å². The van der Waals surface area contributed by atoms with Gasteiger partial charge in [-0.05, 0) is 30.7 Å². The molecule has 0 aliphatic heterocycles. The minimum absolute atomic E-state index is 0.239. The van der Waals surface area contributed by atoms with Crippen LogP contribution in [0, 0.1) is 6.92 Å². The Bertz CT molecular complexity index is 655. The van der Waals surface area contributed by atoms with E-state index in [9.17, 15) is 9.90 Å². The van der Waals surface area contributed by atoms with Crippen molar-refractivity contribution in [1.29, 1.82) is 0 Å². The van der Waals surface area contributed by atoms with Gasteiger partial charge in [0.05, 0.1) is 21.8 Å². The standard InChI is InChI=1S/C13H12Cl2N2O2/c1-7-4-9(17-13(19)16-7)6-12(18)8-2-3-10(14)11(15)5-8/h2-5,12,18H,6H2,1H3,(H,16,17,19)/t12-/m0/s1. The van der Waals surface area contributed by atoms with Crippen LogP contribution >= 0.6 is 23.2 Å². The van der Waals surface area contributed by atoms with Crippen molar-refractivity contribution in [2.24, 2.45) is 0 Å². The van der Waals surface area contributed by atoms with Gasteiger partial charge in [0.15, 0.2) is 0 Å². The molecule has 0 radical (unpaired) electrons. The summed E-state index contributed by atoms with van der Waals surface area (Å²) < 4.78 is 0. The predicted molar refractivity (Wildman–Crippen MR) is 74.7 cm³/mol. The van der Waals surface area contributed by atoms with E-state index < -0.39 is 11.8 Å². The molecule has 1 heterocycles. The van der Waals surface area contributed by atoms with E-state index in [1.54, 1.807) is 31.2 Å². The Morgan fingerprint density at radius 3 is 2.68 bits per heavy atom. The number of hydrogen-bond donors (Lipinski definition) is 2. The molecular weight excluding hydrogens is 287 g/mol. The first-order chi connectivity index (χ1) is 8.95. The van der Waals surface area contributed by atoms with Gasteiger partial charge in [-0.15, -0.1) is 0 Å².